The third-order valence-corrected chi connectivity index (χ3v) is 9.46. The van der Waals surface area contributed by atoms with Crippen LogP contribution in [0.3, 0.4) is 0 Å². The molecule has 0 spiro atoms. The SMILES string of the molecule is C=CC(C)OCC(=O)OC.CC.CC.CC(C)Oc1ccc(C=O)c(Cl)c1.CCC/C=C1\C=CC=CN1/C(CCC/C=C(\C)c1ccsc1)=C(\C)CN(C)CCC(C)C. The number of ether oxygens (including phenoxy) is 3. The first-order chi connectivity index (χ1) is 28.3. The molecule has 1 aliphatic heterocycles. The molecule has 1 unspecified atom stereocenters. The second kappa shape index (κ2) is 36.2. The van der Waals surface area contributed by atoms with Crippen LogP contribution in [0.2, 0.25) is 5.02 Å². The lowest BCUT2D eigenvalue weighted by molar-refractivity contribution is -0.146. The summed E-state index contributed by atoms with van der Waals surface area (Å²) in [7, 11) is 3.58. The van der Waals surface area contributed by atoms with E-state index in [1.807, 2.05) is 41.5 Å². The third-order valence-electron chi connectivity index (χ3n) is 8.45. The minimum atomic E-state index is -0.367. The van der Waals surface area contributed by atoms with Crippen molar-refractivity contribution in [1.82, 2.24) is 9.80 Å². The molecule has 0 saturated carbocycles. The van der Waals surface area contributed by atoms with Gasteiger partial charge in [0.25, 0.3) is 0 Å². The monoisotopic (exact) mass is 855 g/mol. The van der Waals surface area contributed by atoms with Crippen molar-refractivity contribution in [3.8, 4) is 5.75 Å². The molecule has 1 aliphatic rings. The summed E-state index contributed by atoms with van der Waals surface area (Å²) in [6, 6.07) is 7.24. The number of hydrogen-bond donors (Lipinski definition) is 0. The quantitative estimate of drug-likeness (QED) is 0.0569. The molecule has 0 aliphatic carbocycles. The molecule has 1 aromatic carbocycles. The van der Waals surface area contributed by atoms with E-state index < -0.39 is 0 Å². The molecular weight excluding hydrogens is 776 g/mol. The highest BCUT2D eigenvalue weighted by atomic mass is 35.5. The van der Waals surface area contributed by atoms with Gasteiger partial charge in [0.15, 0.2) is 6.29 Å². The Morgan fingerprint density at radius 1 is 1.03 bits per heavy atom. The average molecular weight is 856 g/mol. The lowest BCUT2D eigenvalue weighted by Gasteiger charge is -2.30. The van der Waals surface area contributed by atoms with Crippen LogP contribution in [0.1, 0.15) is 138 Å². The predicted octanol–water partition coefficient (Wildman–Crippen LogP) is 14.4. The molecule has 59 heavy (non-hydrogen) atoms. The van der Waals surface area contributed by atoms with E-state index >= 15 is 0 Å². The van der Waals surface area contributed by atoms with Crippen molar-refractivity contribution in [2.24, 2.45) is 5.92 Å². The van der Waals surface area contributed by atoms with Gasteiger partial charge in [-0.2, -0.15) is 11.3 Å². The molecule has 0 fully saturated rings. The second-order valence-electron chi connectivity index (χ2n) is 14.2. The Morgan fingerprint density at radius 3 is 2.27 bits per heavy atom. The lowest BCUT2D eigenvalue weighted by atomic mass is 10.0. The van der Waals surface area contributed by atoms with Gasteiger partial charge in [-0.3, -0.25) is 4.79 Å². The molecule has 7 nitrogen and oxygen atoms in total. The van der Waals surface area contributed by atoms with Crippen molar-refractivity contribution < 1.29 is 23.8 Å². The molecule has 3 rings (SSSR count). The van der Waals surface area contributed by atoms with E-state index in [1.54, 1.807) is 42.5 Å². The maximum atomic E-state index is 10.5. The summed E-state index contributed by atoms with van der Waals surface area (Å²) in [6.45, 7) is 30.8. The summed E-state index contributed by atoms with van der Waals surface area (Å²) in [5.41, 5.74) is 7.51. The number of carbonyl (C=O) groups excluding carboxylic acids is 2. The molecule has 0 amide bonds. The van der Waals surface area contributed by atoms with E-state index in [2.05, 4.69) is 116 Å². The molecule has 1 aromatic heterocycles. The zero-order valence-electron chi connectivity index (χ0n) is 39.1. The molecule has 332 valence electrons. The van der Waals surface area contributed by atoms with Crippen molar-refractivity contribution in [2.75, 3.05) is 33.9 Å². The zero-order valence-corrected chi connectivity index (χ0v) is 40.7. The molecule has 9 heteroatoms. The highest BCUT2D eigenvalue weighted by Crippen LogP contribution is 2.28. The fraction of sp³-hybridized carbons (Fsp3) is 0.520. The van der Waals surface area contributed by atoms with Crippen molar-refractivity contribution in [3.63, 3.8) is 0 Å². The van der Waals surface area contributed by atoms with E-state index in [-0.39, 0.29) is 24.8 Å². The molecule has 0 N–H and O–H groups in total. The van der Waals surface area contributed by atoms with Crippen LogP contribution in [-0.2, 0) is 14.3 Å². The number of allylic oxidation sites excluding steroid dienone is 7. The number of rotatable bonds is 20. The Bertz CT molecular complexity index is 1570. The van der Waals surface area contributed by atoms with Gasteiger partial charge in [-0.25, -0.2) is 4.79 Å². The van der Waals surface area contributed by atoms with Gasteiger partial charge in [-0.1, -0.05) is 90.8 Å². The van der Waals surface area contributed by atoms with Crippen molar-refractivity contribution in [1.29, 1.82) is 0 Å². The number of benzene rings is 1. The average Bonchev–Trinajstić information content (AvgIpc) is 3.79. The smallest absolute Gasteiger partial charge is 0.331 e. The van der Waals surface area contributed by atoms with Gasteiger partial charge in [0.05, 0.1) is 24.3 Å². The maximum Gasteiger partial charge on any atom is 0.331 e. The molecule has 1 atom stereocenters. The van der Waals surface area contributed by atoms with E-state index in [9.17, 15) is 9.59 Å². The Kier molecular flexibility index (Phi) is 35.2. The molecule has 0 radical (unpaired) electrons. The summed E-state index contributed by atoms with van der Waals surface area (Å²) in [4.78, 5) is 25.8. The Balaban J connectivity index is 0. The summed E-state index contributed by atoms with van der Waals surface area (Å²) in [5.74, 6) is 1.07. The fourth-order valence-electron chi connectivity index (χ4n) is 5.22. The topological polar surface area (TPSA) is 68.3 Å². The number of unbranched alkanes of at least 4 members (excludes halogenated alkanes) is 2. The van der Waals surface area contributed by atoms with Crippen LogP contribution in [0.5, 0.6) is 5.75 Å². The lowest BCUT2D eigenvalue weighted by Crippen LogP contribution is -2.26. The molecule has 2 aromatic rings. The summed E-state index contributed by atoms with van der Waals surface area (Å²) < 4.78 is 14.7. The number of esters is 1. The van der Waals surface area contributed by atoms with Crippen molar-refractivity contribution in [3.05, 3.63) is 117 Å². The molecular formula is C50H79ClN2O5S. The van der Waals surface area contributed by atoms with E-state index in [4.69, 9.17) is 21.1 Å². The van der Waals surface area contributed by atoms with E-state index in [1.165, 1.54) is 54.5 Å². The maximum absolute atomic E-state index is 10.5. The van der Waals surface area contributed by atoms with Gasteiger partial charge in [-0.15, -0.1) is 6.58 Å². The number of likely N-dealkylation sites (N-methyl/N-ethyl adjacent to an activating group) is 1. The second-order valence-corrected chi connectivity index (χ2v) is 15.4. The van der Waals surface area contributed by atoms with Gasteiger partial charge >= 0.3 is 5.97 Å². The van der Waals surface area contributed by atoms with Crippen LogP contribution in [0.25, 0.3) is 5.57 Å². The first kappa shape index (κ1) is 57.4. The van der Waals surface area contributed by atoms with Gasteiger partial charge in [-0.05, 0) is 150 Å². The van der Waals surface area contributed by atoms with Crippen LogP contribution >= 0.6 is 22.9 Å². The summed E-state index contributed by atoms with van der Waals surface area (Å²) >= 11 is 7.57. The Morgan fingerprint density at radius 2 is 1.73 bits per heavy atom. The first-order valence-corrected chi connectivity index (χ1v) is 22.7. The molecule has 0 bridgehead atoms. The summed E-state index contributed by atoms with van der Waals surface area (Å²) in [6.07, 6.45) is 22.9. The molecule has 0 saturated heterocycles. The highest BCUT2D eigenvalue weighted by molar-refractivity contribution is 7.08. The van der Waals surface area contributed by atoms with Crippen LogP contribution in [0.15, 0.2) is 101 Å². The number of aldehydes is 1. The fourth-order valence-corrected chi connectivity index (χ4v) is 6.15. The Hall–Kier alpha value is -3.69. The van der Waals surface area contributed by atoms with Gasteiger partial charge in [0.2, 0.25) is 0 Å². The number of methoxy groups -OCH3 is 1. The number of hydrogen-bond acceptors (Lipinski definition) is 8. The highest BCUT2D eigenvalue weighted by Gasteiger charge is 2.16. The minimum Gasteiger partial charge on any atom is -0.491 e. The number of thiophene rings is 1. The van der Waals surface area contributed by atoms with Crippen molar-refractivity contribution >= 4 is 40.8 Å². The normalized spacial score (nSPS) is 13.5. The third kappa shape index (κ3) is 26.9. The van der Waals surface area contributed by atoms with E-state index in [0.717, 1.165) is 44.6 Å². The Labute approximate surface area is 369 Å². The van der Waals surface area contributed by atoms with Crippen LogP contribution in [0, 0.1) is 5.92 Å². The zero-order chi connectivity index (χ0) is 45.2. The largest absolute Gasteiger partial charge is 0.491 e. The van der Waals surface area contributed by atoms with Crippen LogP contribution in [0.4, 0.5) is 0 Å². The first-order valence-electron chi connectivity index (χ1n) is 21.4. The number of carbonyl (C=O) groups is 2. The number of nitrogens with zero attached hydrogens (tertiary/aromatic N) is 2. The van der Waals surface area contributed by atoms with Crippen molar-refractivity contribution in [2.45, 2.75) is 134 Å². The van der Waals surface area contributed by atoms with Gasteiger partial charge in [0, 0.05) is 29.7 Å². The van der Waals surface area contributed by atoms with Crippen LogP contribution in [-0.4, -0.2) is 68.1 Å². The van der Waals surface area contributed by atoms with Gasteiger partial charge < -0.3 is 24.0 Å². The van der Waals surface area contributed by atoms with Gasteiger partial charge in [0.1, 0.15) is 12.4 Å². The minimum absolute atomic E-state index is 0.0102. The summed E-state index contributed by atoms with van der Waals surface area (Å²) in [5, 5.41) is 4.82. The van der Waals surface area contributed by atoms with Crippen LogP contribution < -0.4 is 4.74 Å². The number of halogens is 1. The molecule has 2 heterocycles. The predicted molar refractivity (Wildman–Crippen MR) is 258 cm³/mol. The standard InChI is InChI=1S/C29H44N2S.C10H11ClO2.C7H12O3.2C2H6/c1-7-8-14-28-15-11-12-19-31(28)29(26(5)22-30(6)20-17-24(2)3)16-10-9-13-25(4)27-18-21-32-23-27;1-7(2)13-9-4-3-8(6-12)10(11)5-9;1-4-6(2)10-5-7(8)9-3;2*1-2/h11-15,18-19,21,23-24H,7-10,16-17,20,22H2,1-6H3;3-7H,1-2H3;4,6H,1,5H2,2-3H3;2*1-2H3/b25-13+,28-14+,29-26+;;;;. The van der Waals surface area contributed by atoms with E-state index in [0.29, 0.717) is 16.3 Å².